The fourth-order valence-corrected chi connectivity index (χ4v) is 5.59. The average molecular weight is 437 g/mol. The van der Waals surface area contributed by atoms with E-state index in [2.05, 4.69) is 27.7 Å². The molecule has 2 aromatic heterocycles. The minimum atomic E-state index is -0.596. The molecule has 1 aliphatic rings. The number of hydrogen-bond acceptors (Lipinski definition) is 8. The van der Waals surface area contributed by atoms with Crippen molar-refractivity contribution in [2.24, 2.45) is 0 Å². The number of methoxy groups -OCH3 is 2. The van der Waals surface area contributed by atoms with Crippen LogP contribution in [0.5, 0.6) is 0 Å². The van der Waals surface area contributed by atoms with Crippen LogP contribution in [-0.4, -0.2) is 50.1 Å². The van der Waals surface area contributed by atoms with Crippen LogP contribution in [0, 0.1) is 6.92 Å². The van der Waals surface area contributed by atoms with Crippen molar-refractivity contribution >= 4 is 45.5 Å². The molecule has 3 rings (SSSR count). The third-order valence-corrected chi connectivity index (χ3v) is 7.18. The summed E-state index contributed by atoms with van der Waals surface area (Å²) in [6.07, 6.45) is 2.51. The molecule has 0 spiro atoms. The predicted molar refractivity (Wildman–Crippen MR) is 113 cm³/mol. The molecule has 0 radical (unpaired) electrons. The van der Waals surface area contributed by atoms with E-state index in [-0.39, 0.29) is 16.3 Å². The Morgan fingerprint density at radius 3 is 2.66 bits per heavy atom. The van der Waals surface area contributed by atoms with E-state index in [0.29, 0.717) is 29.6 Å². The standard InChI is InChI=1S/C20H24N2O5S2/c1-12-16(19(24)26-2)18(29-17(12)20(25)27-3)21-15(23)8-10-22-9-4-6-13(22)14-7-5-11-28-14/h5,7,11,13H,4,6,8-10H2,1-3H3,(H,21,23). The molecule has 1 unspecified atom stereocenters. The van der Waals surface area contributed by atoms with E-state index in [4.69, 9.17) is 9.47 Å². The largest absolute Gasteiger partial charge is 0.465 e. The lowest BCUT2D eigenvalue weighted by atomic mass is 10.1. The van der Waals surface area contributed by atoms with Gasteiger partial charge in [0.25, 0.3) is 0 Å². The molecule has 1 aliphatic heterocycles. The van der Waals surface area contributed by atoms with Crippen molar-refractivity contribution in [2.75, 3.05) is 32.6 Å². The van der Waals surface area contributed by atoms with Crippen molar-refractivity contribution in [3.8, 4) is 0 Å². The van der Waals surface area contributed by atoms with Crippen LogP contribution in [0.4, 0.5) is 5.00 Å². The highest BCUT2D eigenvalue weighted by molar-refractivity contribution is 7.18. The highest BCUT2D eigenvalue weighted by Crippen LogP contribution is 2.36. The Balaban J connectivity index is 1.68. The third kappa shape index (κ3) is 4.68. The second-order valence-electron chi connectivity index (χ2n) is 6.75. The van der Waals surface area contributed by atoms with E-state index >= 15 is 0 Å². The fraction of sp³-hybridized carbons (Fsp3) is 0.450. The molecule has 1 atom stereocenters. The van der Waals surface area contributed by atoms with Crippen molar-refractivity contribution in [1.29, 1.82) is 0 Å². The van der Waals surface area contributed by atoms with Gasteiger partial charge in [0.1, 0.15) is 9.88 Å². The third-order valence-electron chi connectivity index (χ3n) is 5.02. The van der Waals surface area contributed by atoms with Crippen molar-refractivity contribution in [1.82, 2.24) is 4.90 Å². The predicted octanol–water partition coefficient (Wildman–Crippen LogP) is 3.86. The molecule has 0 aliphatic carbocycles. The van der Waals surface area contributed by atoms with Gasteiger partial charge in [-0.3, -0.25) is 9.69 Å². The van der Waals surface area contributed by atoms with E-state index in [1.807, 2.05) is 0 Å². The van der Waals surface area contributed by atoms with Gasteiger partial charge in [-0.15, -0.1) is 22.7 Å². The Labute approximate surface area is 177 Å². The zero-order valence-electron chi connectivity index (χ0n) is 16.6. The summed E-state index contributed by atoms with van der Waals surface area (Å²) in [6.45, 7) is 3.24. The molecule has 0 saturated carbocycles. The van der Waals surface area contributed by atoms with Crippen LogP contribution in [0.3, 0.4) is 0 Å². The average Bonchev–Trinajstić information content (AvgIpc) is 3.45. The second-order valence-corrected chi connectivity index (χ2v) is 8.75. The first-order chi connectivity index (χ1) is 14.0. The lowest BCUT2D eigenvalue weighted by molar-refractivity contribution is -0.116. The van der Waals surface area contributed by atoms with Gasteiger partial charge in [0.15, 0.2) is 0 Å². The first-order valence-corrected chi connectivity index (χ1v) is 11.0. The first-order valence-electron chi connectivity index (χ1n) is 9.33. The van der Waals surface area contributed by atoms with Gasteiger partial charge in [0.05, 0.1) is 19.8 Å². The molecule has 156 valence electrons. The first kappa shape index (κ1) is 21.5. The number of nitrogens with zero attached hydrogens (tertiary/aromatic N) is 1. The van der Waals surface area contributed by atoms with E-state index in [0.717, 1.165) is 30.7 Å². The number of hydrogen-bond donors (Lipinski definition) is 1. The lowest BCUT2D eigenvalue weighted by Gasteiger charge is -2.23. The molecule has 1 amide bonds. The number of anilines is 1. The SMILES string of the molecule is COC(=O)c1sc(NC(=O)CCN2CCCC2c2cccs2)c(C(=O)OC)c1C. The number of amides is 1. The highest BCUT2D eigenvalue weighted by Gasteiger charge is 2.29. The maximum Gasteiger partial charge on any atom is 0.348 e. The summed E-state index contributed by atoms with van der Waals surface area (Å²) in [7, 11) is 2.54. The van der Waals surface area contributed by atoms with Crippen LogP contribution >= 0.6 is 22.7 Å². The van der Waals surface area contributed by atoms with Crippen LogP contribution in [0.25, 0.3) is 0 Å². The van der Waals surface area contributed by atoms with Crippen LogP contribution in [0.1, 0.15) is 55.8 Å². The van der Waals surface area contributed by atoms with E-state index in [1.165, 1.54) is 19.1 Å². The number of esters is 2. The van der Waals surface area contributed by atoms with Gasteiger partial charge in [-0.1, -0.05) is 6.07 Å². The Morgan fingerprint density at radius 2 is 2.00 bits per heavy atom. The summed E-state index contributed by atoms with van der Waals surface area (Å²) in [4.78, 5) is 40.7. The quantitative estimate of drug-likeness (QED) is 0.664. The Hall–Kier alpha value is -2.23. The smallest absolute Gasteiger partial charge is 0.348 e. The molecule has 0 aromatic carbocycles. The summed E-state index contributed by atoms with van der Waals surface area (Å²) in [5, 5.41) is 5.18. The number of carbonyl (C=O) groups is 3. The minimum absolute atomic E-state index is 0.198. The molecular weight excluding hydrogens is 412 g/mol. The van der Waals surface area contributed by atoms with E-state index in [9.17, 15) is 14.4 Å². The Morgan fingerprint density at radius 1 is 1.24 bits per heavy atom. The van der Waals surface area contributed by atoms with Crippen molar-refractivity contribution < 1.29 is 23.9 Å². The van der Waals surface area contributed by atoms with Crippen LogP contribution in [-0.2, 0) is 14.3 Å². The normalized spacial score (nSPS) is 16.6. The molecule has 1 saturated heterocycles. The molecule has 0 bridgehead atoms. The molecule has 29 heavy (non-hydrogen) atoms. The Bertz CT molecular complexity index is 891. The van der Waals surface area contributed by atoms with Crippen LogP contribution < -0.4 is 5.32 Å². The maximum atomic E-state index is 12.6. The van der Waals surface area contributed by atoms with Gasteiger partial charge in [0, 0.05) is 23.9 Å². The number of thiophene rings is 2. The van der Waals surface area contributed by atoms with E-state index in [1.54, 1.807) is 18.3 Å². The van der Waals surface area contributed by atoms with E-state index < -0.39 is 11.9 Å². The zero-order valence-corrected chi connectivity index (χ0v) is 18.3. The molecule has 2 aromatic rings. The van der Waals surface area contributed by atoms with Gasteiger partial charge in [0.2, 0.25) is 5.91 Å². The number of nitrogens with one attached hydrogen (secondary N) is 1. The summed E-state index contributed by atoms with van der Waals surface area (Å²) < 4.78 is 9.59. The highest BCUT2D eigenvalue weighted by atomic mass is 32.1. The Kier molecular flexibility index (Phi) is 7.05. The minimum Gasteiger partial charge on any atom is -0.465 e. The summed E-state index contributed by atoms with van der Waals surface area (Å²) in [5.74, 6) is -1.35. The maximum absolute atomic E-state index is 12.6. The van der Waals surface area contributed by atoms with Gasteiger partial charge in [-0.25, -0.2) is 9.59 Å². The fourth-order valence-electron chi connectivity index (χ4n) is 3.57. The molecule has 7 nitrogen and oxygen atoms in total. The van der Waals surface area contributed by atoms with Crippen LogP contribution in [0.2, 0.25) is 0 Å². The number of ether oxygens (including phenoxy) is 2. The monoisotopic (exact) mass is 436 g/mol. The molecule has 1 N–H and O–H groups in total. The van der Waals surface area contributed by atoms with Crippen LogP contribution in [0.15, 0.2) is 17.5 Å². The second kappa shape index (κ2) is 9.51. The molecule has 1 fully saturated rings. The zero-order chi connectivity index (χ0) is 21.0. The number of rotatable bonds is 7. The van der Waals surface area contributed by atoms with Crippen molar-refractivity contribution in [3.63, 3.8) is 0 Å². The summed E-state index contributed by atoms with van der Waals surface area (Å²) >= 11 is 2.77. The number of carbonyl (C=O) groups excluding carboxylic acids is 3. The molecular formula is C20H24N2O5S2. The van der Waals surface area contributed by atoms with Crippen molar-refractivity contribution in [2.45, 2.75) is 32.2 Å². The lowest BCUT2D eigenvalue weighted by Crippen LogP contribution is -2.27. The summed E-state index contributed by atoms with van der Waals surface area (Å²) in [5.41, 5.74) is 0.644. The number of likely N-dealkylation sites (tertiary alicyclic amines) is 1. The van der Waals surface area contributed by atoms with Gasteiger partial charge in [-0.2, -0.15) is 0 Å². The van der Waals surface area contributed by atoms with Gasteiger partial charge in [-0.05, 0) is 43.3 Å². The topological polar surface area (TPSA) is 84.9 Å². The van der Waals surface area contributed by atoms with Gasteiger partial charge >= 0.3 is 11.9 Å². The molecule has 9 heteroatoms. The van der Waals surface area contributed by atoms with Crippen molar-refractivity contribution in [3.05, 3.63) is 38.4 Å². The van der Waals surface area contributed by atoms with Gasteiger partial charge < -0.3 is 14.8 Å². The summed E-state index contributed by atoms with van der Waals surface area (Å²) in [6, 6.07) is 4.55. The molecule has 3 heterocycles.